The molecule has 0 fully saturated rings. The third-order valence-electron chi connectivity index (χ3n) is 4.01. The Morgan fingerprint density at radius 2 is 1.80 bits per heavy atom. The molecule has 0 amide bonds. The van der Waals surface area contributed by atoms with Crippen molar-refractivity contribution in [1.29, 1.82) is 0 Å². The molecule has 1 heterocycles. The van der Waals surface area contributed by atoms with Crippen LogP contribution in [0.3, 0.4) is 0 Å². The van der Waals surface area contributed by atoms with Crippen molar-refractivity contribution >= 4 is 5.69 Å². The highest BCUT2D eigenvalue weighted by molar-refractivity contribution is 5.56. The summed E-state index contributed by atoms with van der Waals surface area (Å²) in [5.41, 5.74) is 3.66. The topological polar surface area (TPSA) is 23.5 Å². The lowest BCUT2D eigenvalue weighted by atomic mass is 9.93. The maximum absolute atomic E-state index is 10.4. The van der Waals surface area contributed by atoms with Gasteiger partial charge in [0, 0.05) is 18.8 Å². The van der Waals surface area contributed by atoms with Gasteiger partial charge in [0.25, 0.3) is 0 Å². The largest absolute Gasteiger partial charge is 0.387 e. The van der Waals surface area contributed by atoms with Gasteiger partial charge in [0.05, 0.1) is 6.10 Å². The number of hydrogen-bond acceptors (Lipinski definition) is 2. The summed E-state index contributed by atoms with van der Waals surface area (Å²) in [5, 5.41) is 10.4. The lowest BCUT2D eigenvalue weighted by molar-refractivity contribution is 0.181. The molecule has 0 saturated carbocycles. The third kappa shape index (κ3) is 2.70. The molecule has 0 aliphatic carbocycles. The molecule has 3 rings (SSSR count). The molecule has 1 aliphatic rings. The SMILES string of the molecule is CC1Cc2ccccc2N(CC(O)c2ccccc2)C1. The zero-order chi connectivity index (χ0) is 13.9. The van der Waals surface area contributed by atoms with E-state index in [2.05, 4.69) is 36.1 Å². The average Bonchev–Trinajstić information content (AvgIpc) is 2.48. The summed E-state index contributed by atoms with van der Waals surface area (Å²) in [6.45, 7) is 3.95. The molecule has 0 bridgehead atoms. The van der Waals surface area contributed by atoms with E-state index in [9.17, 15) is 5.11 Å². The van der Waals surface area contributed by atoms with Crippen LogP contribution in [0.5, 0.6) is 0 Å². The minimum atomic E-state index is -0.436. The van der Waals surface area contributed by atoms with Crippen LogP contribution in [-0.2, 0) is 6.42 Å². The molecule has 20 heavy (non-hydrogen) atoms. The van der Waals surface area contributed by atoms with Crippen LogP contribution in [0.25, 0.3) is 0 Å². The molecule has 1 aliphatic heterocycles. The number of aliphatic hydroxyl groups is 1. The quantitative estimate of drug-likeness (QED) is 0.921. The summed E-state index contributed by atoms with van der Waals surface area (Å²) < 4.78 is 0. The van der Waals surface area contributed by atoms with Crippen molar-refractivity contribution in [2.24, 2.45) is 5.92 Å². The fourth-order valence-corrected chi connectivity index (χ4v) is 3.07. The van der Waals surface area contributed by atoms with Crippen molar-refractivity contribution in [3.63, 3.8) is 0 Å². The standard InChI is InChI=1S/C18H21NO/c1-14-11-16-9-5-6-10-17(16)19(12-14)13-18(20)15-7-3-2-4-8-15/h2-10,14,18,20H,11-13H2,1H3. The van der Waals surface area contributed by atoms with Crippen molar-refractivity contribution < 1.29 is 5.11 Å². The van der Waals surface area contributed by atoms with Crippen LogP contribution in [-0.4, -0.2) is 18.2 Å². The van der Waals surface area contributed by atoms with Crippen molar-refractivity contribution in [2.75, 3.05) is 18.0 Å². The minimum Gasteiger partial charge on any atom is -0.387 e. The molecule has 0 radical (unpaired) electrons. The van der Waals surface area contributed by atoms with E-state index in [1.54, 1.807) is 0 Å². The highest BCUT2D eigenvalue weighted by Crippen LogP contribution is 2.30. The molecular weight excluding hydrogens is 246 g/mol. The predicted octanol–water partition coefficient (Wildman–Crippen LogP) is 3.42. The molecule has 0 saturated heterocycles. The van der Waals surface area contributed by atoms with Crippen molar-refractivity contribution in [3.8, 4) is 0 Å². The summed E-state index contributed by atoms with van der Waals surface area (Å²) in [6, 6.07) is 18.5. The summed E-state index contributed by atoms with van der Waals surface area (Å²) in [5.74, 6) is 0.632. The van der Waals surface area contributed by atoms with Gasteiger partial charge >= 0.3 is 0 Å². The minimum absolute atomic E-state index is 0.436. The Hall–Kier alpha value is -1.80. The second-order valence-corrected chi connectivity index (χ2v) is 5.77. The zero-order valence-electron chi connectivity index (χ0n) is 11.9. The fraction of sp³-hybridized carbons (Fsp3) is 0.333. The first-order valence-electron chi connectivity index (χ1n) is 7.30. The molecule has 2 atom stereocenters. The van der Waals surface area contributed by atoms with E-state index in [1.807, 2.05) is 30.3 Å². The van der Waals surface area contributed by atoms with E-state index in [1.165, 1.54) is 11.3 Å². The summed E-state index contributed by atoms with van der Waals surface area (Å²) in [7, 11) is 0. The maximum Gasteiger partial charge on any atom is 0.0964 e. The fourth-order valence-electron chi connectivity index (χ4n) is 3.07. The Morgan fingerprint density at radius 3 is 2.60 bits per heavy atom. The van der Waals surface area contributed by atoms with Gasteiger partial charge in [-0.2, -0.15) is 0 Å². The average molecular weight is 267 g/mol. The number of aliphatic hydroxyl groups excluding tert-OH is 1. The van der Waals surface area contributed by atoms with Gasteiger partial charge in [0.2, 0.25) is 0 Å². The van der Waals surface area contributed by atoms with Crippen LogP contribution in [0.15, 0.2) is 54.6 Å². The van der Waals surface area contributed by atoms with E-state index in [4.69, 9.17) is 0 Å². The Balaban J connectivity index is 1.81. The van der Waals surface area contributed by atoms with E-state index >= 15 is 0 Å². The lowest BCUT2D eigenvalue weighted by Crippen LogP contribution is -2.37. The molecular formula is C18H21NO. The molecule has 0 spiro atoms. The van der Waals surface area contributed by atoms with Gasteiger partial charge in [-0.05, 0) is 29.5 Å². The second-order valence-electron chi connectivity index (χ2n) is 5.77. The van der Waals surface area contributed by atoms with E-state index in [-0.39, 0.29) is 0 Å². The highest BCUT2D eigenvalue weighted by Gasteiger charge is 2.23. The molecule has 2 unspecified atom stereocenters. The van der Waals surface area contributed by atoms with Crippen molar-refractivity contribution in [2.45, 2.75) is 19.4 Å². The van der Waals surface area contributed by atoms with Crippen molar-refractivity contribution in [3.05, 3.63) is 65.7 Å². The second kappa shape index (κ2) is 5.68. The van der Waals surface area contributed by atoms with Crippen LogP contribution in [0.2, 0.25) is 0 Å². The van der Waals surface area contributed by atoms with Gasteiger partial charge in [-0.25, -0.2) is 0 Å². The molecule has 2 heteroatoms. The summed E-state index contributed by atoms with van der Waals surface area (Å²) >= 11 is 0. The van der Waals surface area contributed by atoms with Crippen LogP contribution in [0.1, 0.15) is 24.2 Å². The van der Waals surface area contributed by atoms with Crippen LogP contribution < -0.4 is 4.90 Å². The van der Waals surface area contributed by atoms with Crippen LogP contribution in [0, 0.1) is 5.92 Å². The smallest absolute Gasteiger partial charge is 0.0964 e. The van der Waals surface area contributed by atoms with Crippen molar-refractivity contribution in [1.82, 2.24) is 0 Å². The Morgan fingerprint density at radius 1 is 1.10 bits per heavy atom. The number of β-amino-alcohol motifs (C(OH)–C–C–N with tert-alkyl or cyclic N) is 1. The molecule has 1 N–H and O–H groups in total. The highest BCUT2D eigenvalue weighted by atomic mass is 16.3. The van der Waals surface area contributed by atoms with E-state index in [0.29, 0.717) is 12.5 Å². The first kappa shape index (κ1) is 13.2. The predicted molar refractivity (Wildman–Crippen MR) is 82.9 cm³/mol. The molecule has 0 aromatic heterocycles. The zero-order valence-corrected chi connectivity index (χ0v) is 11.9. The Kier molecular flexibility index (Phi) is 3.75. The van der Waals surface area contributed by atoms with Crippen LogP contribution >= 0.6 is 0 Å². The van der Waals surface area contributed by atoms with Gasteiger partial charge < -0.3 is 10.0 Å². The molecule has 2 aromatic rings. The Bertz CT molecular complexity index is 567. The van der Waals surface area contributed by atoms with E-state index < -0.39 is 6.10 Å². The number of fused-ring (bicyclic) bond motifs is 1. The molecule has 104 valence electrons. The van der Waals surface area contributed by atoms with Gasteiger partial charge in [-0.1, -0.05) is 55.5 Å². The number of para-hydroxylation sites is 1. The first-order valence-corrected chi connectivity index (χ1v) is 7.30. The normalized spacial score (nSPS) is 19.5. The number of benzene rings is 2. The van der Waals surface area contributed by atoms with Gasteiger partial charge in [-0.15, -0.1) is 0 Å². The number of anilines is 1. The third-order valence-corrected chi connectivity index (χ3v) is 4.01. The van der Waals surface area contributed by atoms with Gasteiger partial charge in [-0.3, -0.25) is 0 Å². The monoisotopic (exact) mass is 267 g/mol. The van der Waals surface area contributed by atoms with Gasteiger partial charge in [0.1, 0.15) is 0 Å². The Labute approximate surface area is 120 Å². The van der Waals surface area contributed by atoms with Crippen LogP contribution in [0.4, 0.5) is 5.69 Å². The van der Waals surface area contributed by atoms with E-state index in [0.717, 1.165) is 18.5 Å². The molecule has 2 aromatic carbocycles. The number of hydrogen-bond donors (Lipinski definition) is 1. The summed E-state index contributed by atoms with van der Waals surface area (Å²) in [4.78, 5) is 2.32. The molecule has 2 nitrogen and oxygen atoms in total. The first-order chi connectivity index (χ1) is 9.74. The summed E-state index contributed by atoms with van der Waals surface area (Å²) in [6.07, 6.45) is 0.697. The number of rotatable bonds is 3. The number of nitrogens with zero attached hydrogens (tertiary/aromatic N) is 1. The maximum atomic E-state index is 10.4. The lowest BCUT2D eigenvalue weighted by Gasteiger charge is -2.36. The van der Waals surface area contributed by atoms with Gasteiger partial charge in [0.15, 0.2) is 0 Å².